The van der Waals surface area contributed by atoms with Gasteiger partial charge in [0.2, 0.25) is 0 Å². The number of hydrogen-bond acceptors (Lipinski definition) is 16. The van der Waals surface area contributed by atoms with Crippen molar-refractivity contribution in [3.05, 3.63) is 41.1 Å². The van der Waals surface area contributed by atoms with Gasteiger partial charge >= 0.3 is 13.4 Å². The van der Waals surface area contributed by atoms with Gasteiger partial charge in [-0.05, 0) is 60.2 Å². The molecule has 4 aromatic heterocycles. The molecule has 312 valence electrons. The second-order valence-corrected chi connectivity index (χ2v) is 26.3. The van der Waals surface area contributed by atoms with E-state index >= 15 is 4.39 Å². The number of nitrogens with two attached hydrogens (primary N) is 1. The molecule has 3 fully saturated rings. The fourth-order valence-corrected chi connectivity index (χ4v) is 11.5. The van der Waals surface area contributed by atoms with Gasteiger partial charge in [0.1, 0.15) is 54.6 Å². The van der Waals surface area contributed by atoms with E-state index in [9.17, 15) is 14.6 Å². The van der Waals surface area contributed by atoms with Gasteiger partial charge in [0.15, 0.2) is 38.1 Å². The Hall–Kier alpha value is -2.18. The smallest absolute Gasteiger partial charge is 0.325 e. The van der Waals surface area contributed by atoms with Gasteiger partial charge in [-0.1, -0.05) is 20.8 Å². The molecule has 8 heterocycles. The second kappa shape index (κ2) is 15.4. The number of anilines is 1. The zero-order valence-corrected chi connectivity index (χ0v) is 36.3. The molecule has 57 heavy (non-hydrogen) atoms. The van der Waals surface area contributed by atoms with Crippen LogP contribution in [0.1, 0.15) is 45.2 Å². The van der Waals surface area contributed by atoms with E-state index in [-0.39, 0.29) is 29.3 Å². The number of alkyl halides is 1. The fraction of sp³-hybridized carbons (Fsp3) is 0.656. The van der Waals surface area contributed by atoms with E-state index in [1.54, 1.807) is 10.8 Å². The van der Waals surface area contributed by atoms with Crippen LogP contribution in [0, 0.1) is 0 Å². The molecular formula is C32H46FN9O10P2S2Si. The molecular weight excluding hydrogens is 844 g/mol. The molecule has 0 amide bonds. The Morgan fingerprint density at radius 1 is 1.00 bits per heavy atom. The number of rotatable bonds is 6. The number of aryl methyl sites for hydroxylation is 1. The van der Waals surface area contributed by atoms with E-state index in [1.165, 1.54) is 28.1 Å². The Morgan fingerprint density at radius 2 is 1.70 bits per heavy atom. The minimum absolute atomic E-state index is 0.0432. The average molecular weight is 890 g/mol. The number of halogens is 1. The first-order valence-electron chi connectivity index (χ1n) is 18.5. The Labute approximate surface area is 338 Å². The van der Waals surface area contributed by atoms with Crippen molar-refractivity contribution in [2.45, 2.75) is 107 Å². The van der Waals surface area contributed by atoms with Crippen molar-refractivity contribution in [3.8, 4) is 0 Å². The predicted molar refractivity (Wildman–Crippen MR) is 215 cm³/mol. The molecule has 5 N–H and O–H groups in total. The highest BCUT2D eigenvalue weighted by Gasteiger charge is 2.56. The maximum Gasteiger partial charge on any atom is 0.325 e. The lowest BCUT2D eigenvalue weighted by molar-refractivity contribution is -0.0601. The van der Waals surface area contributed by atoms with E-state index < -0.39 is 89.7 Å². The van der Waals surface area contributed by atoms with Gasteiger partial charge in [0.05, 0.1) is 24.9 Å². The highest BCUT2D eigenvalue weighted by atomic mass is 32.5. The quantitative estimate of drug-likeness (QED) is 0.161. The maximum absolute atomic E-state index is 16.8. The van der Waals surface area contributed by atoms with Crippen LogP contribution in [0.25, 0.3) is 22.2 Å². The first-order valence-corrected chi connectivity index (χ1v) is 26.6. The number of imidazole rings is 1. The van der Waals surface area contributed by atoms with Gasteiger partial charge in [-0.25, -0.2) is 24.3 Å². The molecule has 0 aliphatic carbocycles. The van der Waals surface area contributed by atoms with E-state index in [1.807, 2.05) is 33.9 Å². The molecule has 4 aliphatic heterocycles. The molecule has 0 saturated carbocycles. The molecule has 25 heteroatoms. The van der Waals surface area contributed by atoms with E-state index in [4.69, 9.17) is 61.3 Å². The normalized spacial score (nSPS) is 34.0. The average Bonchev–Trinajstić information content (AvgIpc) is 3.85. The molecule has 0 aromatic carbocycles. The van der Waals surface area contributed by atoms with Crippen LogP contribution < -0.4 is 16.6 Å². The number of nitrogens with zero attached hydrogens (tertiary/aromatic N) is 7. The summed E-state index contributed by atoms with van der Waals surface area (Å²) < 4.78 is 65.0. The fourth-order valence-electron chi connectivity index (χ4n) is 7.31. The standard InChI is InChI=1S/C32H46FN9O10P2S2Si/c1-32(2,3)57(4,5)52-24-19-13-47-53(44,55)50-23-18(48-30(21(23)33)41-11-17-7-6-9-35-26-20(17)27(41)37-14-36-26)12-46-54(45,56)51-25(24)31(49-19)42-16-38-22-28(42)39-15-40(10-8-34)29(22)43/h11,14-16,18-19,21,23-25,30-31H,6-10,12-13,34H2,1-5H3,(H,44,55)(H,45,56)(H,35,36,37)/t18-,19-,21-,23-,24-,25-,30-,31-,53?,54?/m1/s1. The van der Waals surface area contributed by atoms with E-state index in [0.717, 1.165) is 23.9 Å². The van der Waals surface area contributed by atoms with Gasteiger partial charge in [0, 0.05) is 25.8 Å². The minimum atomic E-state index is -4.26. The lowest BCUT2D eigenvalue weighted by Gasteiger charge is -2.40. The lowest BCUT2D eigenvalue weighted by atomic mass is 10.1. The summed E-state index contributed by atoms with van der Waals surface area (Å²) in [6, 6.07) is 0. The molecule has 19 nitrogen and oxygen atoms in total. The topological polar surface area (TPSA) is 227 Å². The van der Waals surface area contributed by atoms with Crippen LogP contribution >= 0.6 is 13.4 Å². The zero-order valence-electron chi connectivity index (χ0n) is 31.8. The third kappa shape index (κ3) is 7.83. The van der Waals surface area contributed by atoms with Crippen LogP contribution in [0.15, 0.2) is 30.0 Å². The summed E-state index contributed by atoms with van der Waals surface area (Å²) >= 11 is 11.1. The van der Waals surface area contributed by atoms with Crippen molar-refractivity contribution in [1.82, 2.24) is 33.6 Å². The summed E-state index contributed by atoms with van der Waals surface area (Å²) in [7, 11) is -2.66. The number of hydrogen-bond donors (Lipinski definition) is 4. The largest absolute Gasteiger partial charge is 0.408 e. The molecule has 0 radical (unpaired) electrons. The van der Waals surface area contributed by atoms with Crippen LogP contribution in [0.3, 0.4) is 0 Å². The van der Waals surface area contributed by atoms with Crippen LogP contribution in [0.5, 0.6) is 0 Å². The molecule has 10 atom stereocenters. The zero-order chi connectivity index (χ0) is 40.7. The van der Waals surface area contributed by atoms with Crippen LogP contribution in [0.2, 0.25) is 18.1 Å². The Bertz CT molecular complexity index is 2330. The summed E-state index contributed by atoms with van der Waals surface area (Å²) in [5.74, 6) is 0.633. The summed E-state index contributed by atoms with van der Waals surface area (Å²) in [5.41, 5.74) is 6.83. The Morgan fingerprint density at radius 3 is 2.42 bits per heavy atom. The molecule has 2 unspecified atom stereocenters. The third-order valence-electron chi connectivity index (χ3n) is 11.2. The van der Waals surface area contributed by atoms with E-state index in [0.29, 0.717) is 17.9 Å². The molecule has 0 spiro atoms. The Balaban J connectivity index is 1.15. The van der Waals surface area contributed by atoms with E-state index in [2.05, 4.69) is 25.3 Å². The van der Waals surface area contributed by atoms with Crippen LogP contribution in [-0.4, -0.2) is 115 Å². The van der Waals surface area contributed by atoms with Gasteiger partial charge in [-0.2, -0.15) is 0 Å². The number of nitrogens with one attached hydrogen (secondary N) is 1. The van der Waals surface area contributed by atoms with Crippen molar-refractivity contribution < 1.29 is 46.2 Å². The number of ether oxygens (including phenoxy) is 2. The van der Waals surface area contributed by atoms with Crippen molar-refractivity contribution in [1.29, 1.82) is 0 Å². The van der Waals surface area contributed by atoms with Crippen molar-refractivity contribution in [3.63, 3.8) is 0 Å². The van der Waals surface area contributed by atoms with Crippen molar-refractivity contribution >= 4 is 73.4 Å². The maximum atomic E-state index is 16.8. The number of aromatic nitrogens is 7. The van der Waals surface area contributed by atoms with Gasteiger partial charge in [0.25, 0.3) is 5.56 Å². The minimum Gasteiger partial charge on any atom is -0.408 e. The van der Waals surface area contributed by atoms with Crippen molar-refractivity contribution in [2.75, 3.05) is 31.6 Å². The lowest BCUT2D eigenvalue weighted by Crippen LogP contribution is -2.50. The molecule has 8 rings (SSSR count). The van der Waals surface area contributed by atoms with Gasteiger partial charge in [-0.3, -0.25) is 23.0 Å². The Kier molecular flexibility index (Phi) is 11.2. The first-order chi connectivity index (χ1) is 26.9. The molecule has 4 aliphatic rings. The monoisotopic (exact) mass is 889 g/mol. The highest BCUT2D eigenvalue weighted by Crippen LogP contribution is 2.55. The summed E-state index contributed by atoms with van der Waals surface area (Å²) in [6.45, 7) is 1.89. The van der Waals surface area contributed by atoms with Crippen LogP contribution in [0.4, 0.5) is 10.2 Å². The second-order valence-electron chi connectivity index (χ2n) is 16.0. The summed E-state index contributed by atoms with van der Waals surface area (Å²) in [5, 5.41) is 3.74. The van der Waals surface area contributed by atoms with Crippen LogP contribution in [-0.2, 0) is 68.6 Å². The SMILES string of the molecule is CC(C)(C)[Si](C)(C)O[C@H]1[C@H]2OP(O)(=S)OC[C@H]3O[C@@H](n4cc5c6c(ncnc64)NCCC5)[C@H](F)[C@@H]3OP(O)(=S)OC[C@H]1O[C@H]2n1cnc2c(=O)n(CCN)cnc21. The summed E-state index contributed by atoms with van der Waals surface area (Å²) in [4.78, 5) is 54.2. The van der Waals surface area contributed by atoms with Gasteiger partial charge in [-0.15, -0.1) is 0 Å². The predicted octanol–water partition coefficient (Wildman–Crippen LogP) is 3.13. The number of fused-ring (bicyclic) bond motifs is 4. The third-order valence-corrected chi connectivity index (χ3v) is 18.8. The van der Waals surface area contributed by atoms with Crippen molar-refractivity contribution in [2.24, 2.45) is 5.73 Å². The summed E-state index contributed by atoms with van der Waals surface area (Å²) in [6.07, 6.45) is -2.99. The highest BCUT2D eigenvalue weighted by molar-refractivity contribution is 8.07. The first kappa shape index (κ1) is 41.5. The molecule has 3 saturated heterocycles. The van der Waals surface area contributed by atoms with Gasteiger partial charge < -0.3 is 48.4 Å². The molecule has 2 bridgehead atoms. The molecule has 4 aromatic rings.